The van der Waals surface area contributed by atoms with Gasteiger partial charge in [0.05, 0.1) is 48.4 Å². The van der Waals surface area contributed by atoms with Crippen molar-refractivity contribution >= 4 is 11.9 Å². The Bertz CT molecular complexity index is 1840. The first-order chi connectivity index (χ1) is 26.0. The topological polar surface area (TPSA) is 162 Å². The number of methoxy groups -OCH3 is 6. The number of hydrogen-bond donors (Lipinski definition) is 2. The summed E-state index contributed by atoms with van der Waals surface area (Å²) in [4.78, 5) is 33.3. The minimum atomic E-state index is -1.26. The van der Waals surface area contributed by atoms with E-state index in [1.54, 1.807) is 42.7 Å². The van der Waals surface area contributed by atoms with E-state index in [0.29, 0.717) is 52.7 Å². The van der Waals surface area contributed by atoms with E-state index in [0.717, 1.165) is 67.0 Å². The van der Waals surface area contributed by atoms with Gasteiger partial charge in [-0.25, -0.2) is 9.59 Å². The lowest BCUT2D eigenvalue weighted by atomic mass is 10.0. The van der Waals surface area contributed by atoms with Crippen LogP contribution in [0.1, 0.15) is 24.0 Å². The molecule has 14 nitrogen and oxygen atoms in total. The van der Waals surface area contributed by atoms with Gasteiger partial charge in [0.25, 0.3) is 0 Å². The molecule has 0 aliphatic carbocycles. The summed E-state index contributed by atoms with van der Waals surface area (Å²) < 4.78 is 33.2. The first kappa shape index (κ1) is 40.9. The van der Waals surface area contributed by atoms with Gasteiger partial charge in [0.2, 0.25) is 11.5 Å². The number of aromatic nitrogens is 2. The molecule has 14 heteroatoms. The molecule has 3 heterocycles. The number of carboxylic acid groups (broad SMARTS) is 2. The van der Waals surface area contributed by atoms with Crippen LogP contribution in [-0.4, -0.2) is 111 Å². The smallest absolute Gasteiger partial charge is 0.328 e. The second kappa shape index (κ2) is 19.8. The SMILES string of the molecule is COc1cc(-c2cncc(CN(C)C3CCN(Cc4ccnc(-c5cc(OC)c(OC)c(OC)c5)c4)CC3)c2)cc(OC)c1OC.O=C(O)/C=C/C(=O)O. The maximum absolute atomic E-state index is 9.55. The number of ether oxygens (including phenoxy) is 6. The molecule has 1 aliphatic rings. The molecule has 2 N–H and O–H groups in total. The third-order valence-corrected chi connectivity index (χ3v) is 8.96. The fourth-order valence-electron chi connectivity index (χ4n) is 6.28. The van der Waals surface area contributed by atoms with Crippen molar-refractivity contribution in [2.45, 2.75) is 32.0 Å². The molecular formula is C40H48N4O10. The molecule has 0 atom stereocenters. The van der Waals surface area contributed by atoms with E-state index in [9.17, 15) is 9.59 Å². The van der Waals surface area contributed by atoms with Crippen LogP contribution >= 0.6 is 0 Å². The molecule has 1 fully saturated rings. The Morgan fingerprint density at radius 1 is 0.722 bits per heavy atom. The second-order valence-corrected chi connectivity index (χ2v) is 12.4. The Hall–Kier alpha value is -5.86. The average Bonchev–Trinajstić information content (AvgIpc) is 3.19. The van der Waals surface area contributed by atoms with Crippen molar-refractivity contribution < 1.29 is 48.2 Å². The van der Waals surface area contributed by atoms with E-state index in [-0.39, 0.29) is 0 Å². The molecule has 0 radical (unpaired) electrons. The van der Waals surface area contributed by atoms with Gasteiger partial charge in [0.15, 0.2) is 23.0 Å². The van der Waals surface area contributed by atoms with Gasteiger partial charge in [-0.1, -0.05) is 0 Å². The van der Waals surface area contributed by atoms with Gasteiger partial charge >= 0.3 is 11.9 Å². The van der Waals surface area contributed by atoms with E-state index >= 15 is 0 Å². The normalized spacial score (nSPS) is 13.2. The highest BCUT2D eigenvalue weighted by Gasteiger charge is 2.23. The van der Waals surface area contributed by atoms with Crippen molar-refractivity contribution in [3.05, 3.63) is 84.3 Å². The standard InChI is InChI=1S/C36H44N4O6.C4H4O4/c1-39(22-25-14-28(21-37-20-25)26-16-31(41-2)35(45-6)32(17-26)42-3)29-9-12-40(13-10-29)23-24-8-11-38-30(15-24)27-18-33(43-4)36(46-7)34(19-27)44-5;5-3(6)1-2-4(7)8/h8,11,14-21,29H,9-10,12-13,22-23H2,1-7H3;1-2H,(H,5,6)(H,7,8)/b;2-1+. The van der Waals surface area contributed by atoms with Crippen molar-refractivity contribution in [3.8, 4) is 56.9 Å². The molecule has 1 aliphatic heterocycles. The molecule has 0 unspecified atom stereocenters. The van der Waals surface area contributed by atoms with Crippen LogP contribution < -0.4 is 28.4 Å². The van der Waals surface area contributed by atoms with Gasteiger partial charge < -0.3 is 38.6 Å². The van der Waals surface area contributed by atoms with Crippen LogP contribution in [0.4, 0.5) is 0 Å². The van der Waals surface area contributed by atoms with Crippen molar-refractivity contribution in [1.29, 1.82) is 0 Å². The summed E-state index contributed by atoms with van der Waals surface area (Å²) in [5.41, 5.74) is 6.13. The molecule has 4 aromatic rings. The zero-order valence-corrected chi connectivity index (χ0v) is 31.7. The zero-order chi connectivity index (χ0) is 39.2. The summed E-state index contributed by atoms with van der Waals surface area (Å²) in [5, 5.41) is 15.6. The van der Waals surface area contributed by atoms with Crippen molar-refractivity contribution in [3.63, 3.8) is 0 Å². The lowest BCUT2D eigenvalue weighted by molar-refractivity contribution is -0.134. The fourth-order valence-corrected chi connectivity index (χ4v) is 6.28. The number of benzene rings is 2. The minimum absolute atomic E-state index is 0.494. The van der Waals surface area contributed by atoms with Crippen LogP contribution in [0.3, 0.4) is 0 Å². The number of nitrogens with zero attached hydrogens (tertiary/aromatic N) is 4. The molecule has 5 rings (SSSR count). The van der Waals surface area contributed by atoms with Crippen LogP contribution in [0.2, 0.25) is 0 Å². The largest absolute Gasteiger partial charge is 0.493 e. The highest BCUT2D eigenvalue weighted by Crippen LogP contribution is 2.42. The van der Waals surface area contributed by atoms with Crippen LogP contribution in [0, 0.1) is 0 Å². The molecule has 0 amide bonds. The number of pyridine rings is 2. The zero-order valence-electron chi connectivity index (χ0n) is 31.7. The van der Waals surface area contributed by atoms with Gasteiger partial charge in [0.1, 0.15) is 0 Å². The van der Waals surface area contributed by atoms with Crippen LogP contribution in [0.5, 0.6) is 34.5 Å². The molecule has 2 aromatic heterocycles. The Morgan fingerprint density at radius 3 is 1.72 bits per heavy atom. The highest BCUT2D eigenvalue weighted by molar-refractivity contribution is 5.89. The Morgan fingerprint density at radius 2 is 1.24 bits per heavy atom. The number of hydrogen-bond acceptors (Lipinski definition) is 12. The number of likely N-dealkylation sites (tertiary alicyclic amines) is 1. The summed E-state index contributed by atoms with van der Waals surface area (Å²) >= 11 is 0. The maximum atomic E-state index is 9.55. The number of carboxylic acids is 2. The van der Waals surface area contributed by atoms with E-state index in [2.05, 4.69) is 45.0 Å². The fraction of sp³-hybridized carbons (Fsp3) is 0.350. The van der Waals surface area contributed by atoms with E-state index in [1.165, 1.54) is 5.56 Å². The lowest BCUT2D eigenvalue weighted by Gasteiger charge is -2.37. The van der Waals surface area contributed by atoms with Crippen LogP contribution in [-0.2, 0) is 22.7 Å². The van der Waals surface area contributed by atoms with E-state index in [1.807, 2.05) is 42.9 Å². The van der Waals surface area contributed by atoms with Crippen LogP contribution in [0.25, 0.3) is 22.4 Å². The second-order valence-electron chi connectivity index (χ2n) is 12.4. The monoisotopic (exact) mass is 744 g/mol. The van der Waals surface area contributed by atoms with Crippen LogP contribution in [0.15, 0.2) is 73.2 Å². The molecule has 0 bridgehead atoms. The molecule has 2 aromatic carbocycles. The third-order valence-electron chi connectivity index (χ3n) is 8.96. The van der Waals surface area contributed by atoms with Gasteiger partial charge in [-0.2, -0.15) is 0 Å². The molecule has 0 saturated carbocycles. The van der Waals surface area contributed by atoms with Crippen molar-refractivity contribution in [2.75, 3.05) is 62.8 Å². The Kier molecular flexibility index (Phi) is 15.0. The summed E-state index contributed by atoms with van der Waals surface area (Å²) in [6, 6.07) is 14.7. The Balaban J connectivity index is 0.000000730. The first-order valence-electron chi connectivity index (χ1n) is 17.1. The van der Waals surface area contributed by atoms with Crippen molar-refractivity contribution in [1.82, 2.24) is 19.8 Å². The third kappa shape index (κ3) is 10.8. The number of aliphatic carboxylic acids is 2. The number of rotatable bonds is 15. The summed E-state index contributed by atoms with van der Waals surface area (Å²) in [6.45, 7) is 3.75. The highest BCUT2D eigenvalue weighted by atomic mass is 16.5. The molecule has 288 valence electrons. The van der Waals surface area contributed by atoms with E-state index < -0.39 is 11.9 Å². The summed E-state index contributed by atoms with van der Waals surface area (Å²) in [7, 11) is 11.9. The summed E-state index contributed by atoms with van der Waals surface area (Å²) in [5.74, 6) is 1.09. The molecule has 0 spiro atoms. The lowest BCUT2D eigenvalue weighted by Crippen LogP contribution is -2.42. The first-order valence-corrected chi connectivity index (χ1v) is 17.1. The molecule has 1 saturated heterocycles. The number of carbonyl (C=O) groups is 2. The quantitative estimate of drug-likeness (QED) is 0.143. The van der Waals surface area contributed by atoms with Gasteiger partial charge in [-0.3, -0.25) is 19.8 Å². The molecule has 54 heavy (non-hydrogen) atoms. The Labute approximate surface area is 315 Å². The van der Waals surface area contributed by atoms with Gasteiger partial charge in [0, 0.05) is 61.0 Å². The van der Waals surface area contributed by atoms with Crippen molar-refractivity contribution in [2.24, 2.45) is 0 Å². The maximum Gasteiger partial charge on any atom is 0.328 e. The van der Waals surface area contributed by atoms with Gasteiger partial charge in [-0.05, 0) is 92.1 Å². The predicted octanol–water partition coefficient (Wildman–Crippen LogP) is 5.67. The van der Waals surface area contributed by atoms with Gasteiger partial charge in [-0.15, -0.1) is 0 Å². The molecular weight excluding hydrogens is 696 g/mol. The predicted molar refractivity (Wildman–Crippen MR) is 203 cm³/mol. The number of piperidine rings is 1. The summed E-state index contributed by atoms with van der Waals surface area (Å²) in [6.07, 6.45) is 9.00. The van der Waals surface area contributed by atoms with E-state index in [4.69, 9.17) is 38.6 Å². The average molecular weight is 745 g/mol. The minimum Gasteiger partial charge on any atom is -0.493 e.